The van der Waals surface area contributed by atoms with Crippen LogP contribution in [0.4, 0.5) is 0 Å². The summed E-state index contributed by atoms with van der Waals surface area (Å²) in [5.74, 6) is 1.17. The van der Waals surface area contributed by atoms with Gasteiger partial charge >= 0.3 is 0 Å². The number of fused-ring (bicyclic) bond motifs is 1. The summed E-state index contributed by atoms with van der Waals surface area (Å²) in [5, 5.41) is 3.27. The predicted octanol–water partition coefficient (Wildman–Crippen LogP) is 4.71. The van der Waals surface area contributed by atoms with Crippen LogP contribution in [0.5, 0.6) is 5.75 Å². The van der Waals surface area contributed by atoms with Crippen molar-refractivity contribution in [2.45, 2.75) is 26.3 Å². The van der Waals surface area contributed by atoms with E-state index in [1.165, 1.54) is 4.88 Å². The molecular formula is C22H24N2O2S. The zero-order valence-corrected chi connectivity index (χ0v) is 16.6. The lowest BCUT2D eigenvalue weighted by molar-refractivity contribution is 0.0813. The van der Waals surface area contributed by atoms with Crippen LogP contribution in [0.2, 0.25) is 0 Å². The number of nitrogens with zero attached hydrogens (tertiary/aromatic N) is 2. The van der Waals surface area contributed by atoms with E-state index in [-0.39, 0.29) is 11.7 Å². The van der Waals surface area contributed by atoms with Crippen molar-refractivity contribution in [2.24, 2.45) is 5.92 Å². The number of carbonyl (C=O) groups is 1. The van der Waals surface area contributed by atoms with Crippen LogP contribution in [-0.2, 0) is 6.54 Å². The standard InChI is InChI=1S/C22H24N2O2S/c1-15-23-12-21(27-15)14-24-9-3-4-19(13-24)22(25)18-6-5-17-11-20(26-2)8-7-16(17)10-18/h5-8,10-12,19H,3-4,9,13-14H2,1-2H3/t19-/m1/s1. The number of methoxy groups -OCH3 is 1. The normalized spacial score (nSPS) is 17.9. The van der Waals surface area contributed by atoms with Crippen LogP contribution >= 0.6 is 11.3 Å². The van der Waals surface area contributed by atoms with E-state index in [4.69, 9.17) is 4.74 Å². The van der Waals surface area contributed by atoms with Crippen LogP contribution in [-0.4, -0.2) is 35.9 Å². The highest BCUT2D eigenvalue weighted by Gasteiger charge is 2.27. The third-order valence-electron chi connectivity index (χ3n) is 5.26. The second-order valence-electron chi connectivity index (χ2n) is 7.21. The topological polar surface area (TPSA) is 42.4 Å². The number of ether oxygens (including phenoxy) is 1. The average molecular weight is 381 g/mol. The Morgan fingerprint density at radius 1 is 1.26 bits per heavy atom. The van der Waals surface area contributed by atoms with Crippen LogP contribution in [0, 0.1) is 12.8 Å². The summed E-state index contributed by atoms with van der Waals surface area (Å²) < 4.78 is 5.28. The van der Waals surface area contributed by atoms with Gasteiger partial charge in [-0.1, -0.05) is 18.2 Å². The molecule has 1 fully saturated rings. The average Bonchev–Trinajstić information content (AvgIpc) is 3.11. The number of aromatic nitrogens is 1. The Hall–Kier alpha value is -2.24. The van der Waals surface area contributed by atoms with Crippen molar-refractivity contribution in [1.82, 2.24) is 9.88 Å². The summed E-state index contributed by atoms with van der Waals surface area (Å²) >= 11 is 1.74. The molecule has 0 aliphatic carbocycles. The Labute approximate surface area is 163 Å². The number of Topliss-reactive ketones (excluding diaryl/α,β-unsaturated/α-hetero) is 1. The van der Waals surface area contributed by atoms with Gasteiger partial charge in [0.05, 0.1) is 12.1 Å². The number of aryl methyl sites for hydroxylation is 1. The molecule has 3 aromatic rings. The fraction of sp³-hybridized carbons (Fsp3) is 0.364. The highest BCUT2D eigenvalue weighted by molar-refractivity contribution is 7.11. The van der Waals surface area contributed by atoms with Gasteiger partial charge in [-0.2, -0.15) is 0 Å². The zero-order chi connectivity index (χ0) is 18.8. The van der Waals surface area contributed by atoms with Gasteiger partial charge in [0.25, 0.3) is 0 Å². The molecule has 0 amide bonds. The Morgan fingerprint density at radius 3 is 2.85 bits per heavy atom. The van der Waals surface area contributed by atoms with E-state index in [1.807, 2.05) is 49.5 Å². The third-order valence-corrected chi connectivity index (χ3v) is 6.15. The molecule has 2 aromatic carbocycles. The molecular weight excluding hydrogens is 356 g/mol. The van der Waals surface area contributed by atoms with Crippen molar-refractivity contribution in [3.8, 4) is 5.75 Å². The molecule has 1 aromatic heterocycles. The number of ketones is 1. The number of piperidine rings is 1. The van der Waals surface area contributed by atoms with Gasteiger partial charge in [0.2, 0.25) is 0 Å². The molecule has 4 nitrogen and oxygen atoms in total. The predicted molar refractivity (Wildman–Crippen MR) is 110 cm³/mol. The summed E-state index contributed by atoms with van der Waals surface area (Å²) in [7, 11) is 1.67. The smallest absolute Gasteiger partial charge is 0.167 e. The van der Waals surface area contributed by atoms with Crippen molar-refractivity contribution < 1.29 is 9.53 Å². The number of benzene rings is 2. The summed E-state index contributed by atoms with van der Waals surface area (Å²) in [4.78, 5) is 21.1. The molecule has 2 heterocycles. The maximum Gasteiger partial charge on any atom is 0.167 e. The third kappa shape index (κ3) is 4.04. The van der Waals surface area contributed by atoms with Gasteiger partial charge in [0.15, 0.2) is 5.78 Å². The van der Waals surface area contributed by atoms with Gasteiger partial charge in [-0.3, -0.25) is 9.69 Å². The first kappa shape index (κ1) is 18.1. The molecule has 5 heteroatoms. The van der Waals surface area contributed by atoms with Crippen LogP contribution in [0.1, 0.15) is 33.1 Å². The molecule has 140 valence electrons. The van der Waals surface area contributed by atoms with Gasteiger partial charge < -0.3 is 4.74 Å². The zero-order valence-electron chi connectivity index (χ0n) is 15.8. The molecule has 0 bridgehead atoms. The Bertz CT molecular complexity index is 966. The molecule has 1 saturated heterocycles. The number of hydrogen-bond acceptors (Lipinski definition) is 5. The van der Waals surface area contributed by atoms with Gasteiger partial charge in [-0.25, -0.2) is 4.98 Å². The van der Waals surface area contributed by atoms with E-state index in [1.54, 1.807) is 18.4 Å². The van der Waals surface area contributed by atoms with Crippen molar-refractivity contribution in [3.63, 3.8) is 0 Å². The monoisotopic (exact) mass is 380 g/mol. The summed E-state index contributed by atoms with van der Waals surface area (Å²) in [6.45, 7) is 4.81. The molecule has 0 radical (unpaired) electrons. The largest absolute Gasteiger partial charge is 0.497 e. The number of rotatable bonds is 5. The lowest BCUT2D eigenvalue weighted by atomic mass is 9.89. The number of thiazole rings is 1. The lowest BCUT2D eigenvalue weighted by Crippen LogP contribution is -2.38. The fourth-order valence-electron chi connectivity index (χ4n) is 3.85. The second kappa shape index (κ2) is 7.79. The van der Waals surface area contributed by atoms with Crippen LogP contribution in [0.25, 0.3) is 10.8 Å². The summed E-state index contributed by atoms with van der Waals surface area (Å²) in [6, 6.07) is 12.0. The first-order chi connectivity index (χ1) is 13.1. The SMILES string of the molecule is COc1ccc2cc(C(=O)[C@@H]3CCCN(Cc4cnc(C)s4)C3)ccc2c1. The van der Waals surface area contributed by atoms with E-state index in [9.17, 15) is 4.79 Å². The highest BCUT2D eigenvalue weighted by Crippen LogP contribution is 2.26. The van der Waals surface area contributed by atoms with E-state index in [2.05, 4.69) is 9.88 Å². The first-order valence-electron chi connectivity index (χ1n) is 9.38. The number of likely N-dealkylation sites (tertiary alicyclic amines) is 1. The summed E-state index contributed by atoms with van der Waals surface area (Å²) in [6.07, 6.45) is 4.00. The minimum absolute atomic E-state index is 0.0727. The second-order valence-corrected chi connectivity index (χ2v) is 8.53. The molecule has 0 unspecified atom stereocenters. The number of hydrogen-bond donors (Lipinski definition) is 0. The number of carbonyl (C=O) groups excluding carboxylic acids is 1. The molecule has 1 atom stereocenters. The maximum absolute atomic E-state index is 13.1. The van der Waals surface area contributed by atoms with Crippen molar-refractivity contribution in [1.29, 1.82) is 0 Å². The minimum atomic E-state index is 0.0727. The molecule has 1 aliphatic heterocycles. The lowest BCUT2D eigenvalue weighted by Gasteiger charge is -2.31. The van der Waals surface area contributed by atoms with E-state index in [0.717, 1.165) is 59.6 Å². The van der Waals surface area contributed by atoms with Crippen LogP contribution in [0.3, 0.4) is 0 Å². The quantitative estimate of drug-likeness (QED) is 0.601. The van der Waals surface area contributed by atoms with Gasteiger partial charge in [0.1, 0.15) is 5.75 Å². The van der Waals surface area contributed by atoms with Crippen molar-refractivity contribution >= 4 is 27.9 Å². The molecule has 1 aliphatic rings. The van der Waals surface area contributed by atoms with Crippen LogP contribution < -0.4 is 4.74 Å². The van der Waals surface area contributed by atoms with E-state index >= 15 is 0 Å². The van der Waals surface area contributed by atoms with Crippen molar-refractivity contribution in [3.05, 3.63) is 58.0 Å². The highest BCUT2D eigenvalue weighted by atomic mass is 32.1. The summed E-state index contributed by atoms with van der Waals surface area (Å²) in [5.41, 5.74) is 0.813. The van der Waals surface area contributed by atoms with E-state index < -0.39 is 0 Å². The first-order valence-corrected chi connectivity index (χ1v) is 10.2. The van der Waals surface area contributed by atoms with E-state index in [0.29, 0.717) is 0 Å². The van der Waals surface area contributed by atoms with Crippen LogP contribution in [0.15, 0.2) is 42.6 Å². The van der Waals surface area contributed by atoms with Gasteiger partial charge in [-0.05, 0) is 55.3 Å². The molecule has 27 heavy (non-hydrogen) atoms. The molecule has 4 rings (SSSR count). The molecule has 0 saturated carbocycles. The van der Waals surface area contributed by atoms with Gasteiger partial charge in [0, 0.05) is 35.6 Å². The Morgan fingerprint density at radius 2 is 2.07 bits per heavy atom. The molecule has 0 N–H and O–H groups in total. The van der Waals surface area contributed by atoms with Gasteiger partial charge in [-0.15, -0.1) is 11.3 Å². The Balaban J connectivity index is 1.48. The molecule has 0 spiro atoms. The minimum Gasteiger partial charge on any atom is -0.497 e. The van der Waals surface area contributed by atoms with Crippen molar-refractivity contribution in [2.75, 3.05) is 20.2 Å². The maximum atomic E-state index is 13.1. The fourth-order valence-corrected chi connectivity index (χ4v) is 4.69. The Kier molecular flexibility index (Phi) is 5.23.